The van der Waals surface area contributed by atoms with E-state index < -0.39 is 6.10 Å². The van der Waals surface area contributed by atoms with Crippen molar-refractivity contribution in [2.75, 3.05) is 19.6 Å². The lowest BCUT2D eigenvalue weighted by Gasteiger charge is -2.30. The van der Waals surface area contributed by atoms with Crippen molar-refractivity contribution in [3.8, 4) is 5.75 Å². The van der Waals surface area contributed by atoms with Gasteiger partial charge in [-0.05, 0) is 56.4 Å². The molecule has 1 aliphatic rings. The summed E-state index contributed by atoms with van der Waals surface area (Å²) < 4.78 is 5.73. The number of hydrogen-bond donors (Lipinski definition) is 2. The average molecular weight is 355 g/mol. The molecule has 3 nitrogen and oxygen atoms in total. The first kappa shape index (κ1) is 18.9. The van der Waals surface area contributed by atoms with Gasteiger partial charge in [0.2, 0.25) is 0 Å². The summed E-state index contributed by atoms with van der Waals surface area (Å²) in [5, 5.41) is 11.2. The van der Waals surface area contributed by atoms with E-state index in [0.717, 1.165) is 17.9 Å². The first-order chi connectivity index (χ1) is 12.6. The van der Waals surface area contributed by atoms with Gasteiger partial charge in [0, 0.05) is 0 Å². The Hall–Kier alpha value is -1.84. The van der Waals surface area contributed by atoms with Crippen molar-refractivity contribution in [1.82, 2.24) is 0 Å². The Kier molecular flexibility index (Phi) is 6.70. The van der Waals surface area contributed by atoms with Crippen molar-refractivity contribution in [1.29, 1.82) is 0 Å². The second-order valence-electron chi connectivity index (χ2n) is 7.71. The molecule has 1 saturated heterocycles. The molecule has 1 heterocycles. The molecule has 2 aromatic rings. The third kappa shape index (κ3) is 5.09. The van der Waals surface area contributed by atoms with E-state index in [9.17, 15) is 5.11 Å². The molecule has 2 N–H and O–H groups in total. The molecule has 2 aromatic carbocycles. The van der Waals surface area contributed by atoms with Crippen LogP contribution in [0.2, 0.25) is 0 Å². The highest BCUT2D eigenvalue weighted by Crippen LogP contribution is 2.31. The number of quaternary nitrogens is 1. The van der Waals surface area contributed by atoms with Crippen LogP contribution in [-0.2, 0) is 0 Å². The van der Waals surface area contributed by atoms with Gasteiger partial charge < -0.3 is 14.7 Å². The van der Waals surface area contributed by atoms with E-state index in [0.29, 0.717) is 0 Å². The summed E-state index contributed by atoms with van der Waals surface area (Å²) >= 11 is 0. The van der Waals surface area contributed by atoms with Crippen LogP contribution >= 0.6 is 0 Å². The Morgan fingerprint density at radius 3 is 2.15 bits per heavy atom. The fourth-order valence-electron chi connectivity index (χ4n) is 3.93. The molecule has 26 heavy (non-hydrogen) atoms. The molecule has 0 bridgehead atoms. The van der Waals surface area contributed by atoms with Crippen molar-refractivity contribution < 1.29 is 14.7 Å². The van der Waals surface area contributed by atoms with E-state index >= 15 is 0 Å². The molecular weight excluding hydrogens is 322 g/mol. The Balaban J connectivity index is 1.78. The van der Waals surface area contributed by atoms with Gasteiger partial charge in [-0.15, -0.1) is 0 Å². The zero-order valence-electron chi connectivity index (χ0n) is 16.0. The van der Waals surface area contributed by atoms with Crippen LogP contribution in [-0.4, -0.2) is 30.8 Å². The summed E-state index contributed by atoms with van der Waals surface area (Å²) in [6.07, 6.45) is 3.60. The molecule has 140 valence electrons. The van der Waals surface area contributed by atoms with Crippen LogP contribution in [0.4, 0.5) is 0 Å². The van der Waals surface area contributed by atoms with Gasteiger partial charge in [0.1, 0.15) is 5.75 Å². The monoisotopic (exact) mass is 354 g/mol. The van der Waals surface area contributed by atoms with Crippen LogP contribution < -0.4 is 9.64 Å². The van der Waals surface area contributed by atoms with Crippen molar-refractivity contribution in [3.05, 3.63) is 65.7 Å². The Bertz CT molecular complexity index is 648. The number of rotatable bonds is 7. The van der Waals surface area contributed by atoms with Gasteiger partial charge in [0.25, 0.3) is 0 Å². The molecular formula is C23H32NO2+. The lowest BCUT2D eigenvalue weighted by Crippen LogP contribution is -3.13. The van der Waals surface area contributed by atoms with Gasteiger partial charge in [0.15, 0.2) is 0 Å². The van der Waals surface area contributed by atoms with Crippen LogP contribution in [0.25, 0.3) is 0 Å². The minimum absolute atomic E-state index is 0.112. The molecule has 0 amide bonds. The number of piperidine rings is 1. The molecule has 3 heteroatoms. The van der Waals surface area contributed by atoms with Crippen molar-refractivity contribution in [3.63, 3.8) is 0 Å². The number of nitrogens with one attached hydrogen (secondary N) is 1. The van der Waals surface area contributed by atoms with E-state index in [4.69, 9.17) is 4.74 Å². The quantitative estimate of drug-likeness (QED) is 0.799. The summed E-state index contributed by atoms with van der Waals surface area (Å²) in [5.41, 5.74) is 2.19. The number of aliphatic hydroxyl groups is 1. The molecule has 2 atom stereocenters. The Labute approximate surface area is 157 Å². The maximum Gasteiger partial charge on any atom is 0.119 e. The summed E-state index contributed by atoms with van der Waals surface area (Å²) in [5.74, 6) is 0.968. The van der Waals surface area contributed by atoms with Crippen LogP contribution in [0.3, 0.4) is 0 Å². The Morgan fingerprint density at radius 1 is 0.885 bits per heavy atom. The molecule has 3 rings (SSSR count). The zero-order chi connectivity index (χ0) is 18.4. The number of ether oxygens (including phenoxy) is 1. The topological polar surface area (TPSA) is 33.9 Å². The summed E-state index contributed by atoms with van der Waals surface area (Å²) in [6.45, 7) is 7.47. The fraction of sp³-hybridized carbons (Fsp3) is 0.478. The minimum Gasteiger partial charge on any atom is -0.491 e. The molecule has 0 spiro atoms. The highest BCUT2D eigenvalue weighted by molar-refractivity contribution is 5.31. The predicted molar refractivity (Wildman–Crippen MR) is 106 cm³/mol. The van der Waals surface area contributed by atoms with Gasteiger partial charge >= 0.3 is 0 Å². The van der Waals surface area contributed by atoms with Crippen molar-refractivity contribution in [2.24, 2.45) is 0 Å². The summed E-state index contributed by atoms with van der Waals surface area (Å²) in [7, 11) is 0. The lowest BCUT2D eigenvalue weighted by atomic mass is 9.88. The smallest absolute Gasteiger partial charge is 0.119 e. The highest BCUT2D eigenvalue weighted by atomic mass is 16.5. The number of likely N-dealkylation sites (tertiary alicyclic amines) is 1. The van der Waals surface area contributed by atoms with Crippen LogP contribution in [0, 0.1) is 0 Å². The third-order valence-corrected chi connectivity index (χ3v) is 5.27. The highest BCUT2D eigenvalue weighted by Gasteiger charge is 2.28. The first-order valence-electron chi connectivity index (χ1n) is 9.96. The molecule has 0 unspecified atom stereocenters. The average Bonchev–Trinajstić information content (AvgIpc) is 2.67. The zero-order valence-corrected chi connectivity index (χ0v) is 16.0. The third-order valence-electron chi connectivity index (χ3n) is 5.27. The molecule has 0 radical (unpaired) electrons. The number of hydrogen-bond acceptors (Lipinski definition) is 2. The number of aliphatic hydroxyl groups excluding tert-OH is 1. The van der Waals surface area contributed by atoms with Gasteiger partial charge in [-0.3, -0.25) is 0 Å². The molecule has 0 aromatic heterocycles. The lowest BCUT2D eigenvalue weighted by molar-refractivity contribution is -0.906. The van der Waals surface area contributed by atoms with Crippen molar-refractivity contribution >= 4 is 0 Å². The predicted octanol–water partition coefficient (Wildman–Crippen LogP) is 3.36. The van der Waals surface area contributed by atoms with Crippen molar-refractivity contribution in [2.45, 2.75) is 51.2 Å². The first-order valence-corrected chi connectivity index (χ1v) is 9.96. The van der Waals surface area contributed by atoms with Crippen LogP contribution in [0.5, 0.6) is 5.75 Å². The van der Waals surface area contributed by atoms with Gasteiger partial charge in [-0.1, -0.05) is 42.5 Å². The van der Waals surface area contributed by atoms with Crippen LogP contribution in [0.1, 0.15) is 56.3 Å². The standard InChI is InChI=1S/C23H31NO2/c1-18(2)26-21-13-11-20(12-14-21)23(25)22(19-9-5-3-6-10-19)17-24-15-7-4-8-16-24/h3,5-6,9-14,18,22-23,25H,4,7-8,15-17H2,1-2H3/p+1/t22-,23-/m0/s1. The van der Waals surface area contributed by atoms with Gasteiger partial charge in [-0.25, -0.2) is 0 Å². The summed E-state index contributed by atoms with van der Waals surface area (Å²) in [6, 6.07) is 18.4. The maximum absolute atomic E-state index is 11.2. The molecule has 1 fully saturated rings. The fourth-order valence-corrected chi connectivity index (χ4v) is 3.93. The van der Waals surface area contributed by atoms with E-state index in [1.165, 1.54) is 37.9 Å². The molecule has 0 aliphatic carbocycles. The van der Waals surface area contributed by atoms with E-state index in [1.54, 1.807) is 4.90 Å². The van der Waals surface area contributed by atoms with E-state index in [2.05, 4.69) is 24.3 Å². The van der Waals surface area contributed by atoms with Gasteiger partial charge in [-0.2, -0.15) is 0 Å². The second-order valence-corrected chi connectivity index (χ2v) is 7.71. The number of benzene rings is 2. The van der Waals surface area contributed by atoms with E-state index in [1.807, 2.05) is 44.2 Å². The Morgan fingerprint density at radius 2 is 1.54 bits per heavy atom. The van der Waals surface area contributed by atoms with Crippen LogP contribution in [0.15, 0.2) is 54.6 Å². The minimum atomic E-state index is -0.500. The van der Waals surface area contributed by atoms with Gasteiger partial charge in [0.05, 0.1) is 37.8 Å². The second kappa shape index (κ2) is 9.20. The SMILES string of the molecule is CC(C)Oc1ccc([C@H](O)[C@@H](C[NH+]2CCCCC2)c2ccccc2)cc1. The van der Waals surface area contributed by atoms with E-state index in [-0.39, 0.29) is 12.0 Å². The summed E-state index contributed by atoms with van der Waals surface area (Å²) in [4.78, 5) is 1.61. The normalized spacial score (nSPS) is 17.8. The molecule has 0 saturated carbocycles. The maximum atomic E-state index is 11.2. The molecule has 1 aliphatic heterocycles. The largest absolute Gasteiger partial charge is 0.491 e.